The van der Waals surface area contributed by atoms with Crippen LogP contribution in [0.15, 0.2) is 0 Å². The molecule has 0 spiro atoms. The Labute approximate surface area is 145 Å². The predicted octanol–water partition coefficient (Wildman–Crippen LogP) is 2.22. The van der Waals surface area contributed by atoms with Gasteiger partial charge in [0, 0.05) is 25.7 Å². The Balaban J connectivity index is 1.90. The van der Waals surface area contributed by atoms with Crippen molar-refractivity contribution in [3.63, 3.8) is 0 Å². The maximum atomic E-state index is 12.4. The fourth-order valence-corrected chi connectivity index (χ4v) is 3.04. The molecule has 138 valence electrons. The number of carbonyl (C=O) groups is 2. The third kappa shape index (κ3) is 5.10. The molecule has 2 rings (SSSR count). The molecule has 0 aromatic carbocycles. The number of hydrogen-bond acceptors (Lipinski definition) is 4. The predicted molar refractivity (Wildman–Crippen MR) is 93.5 cm³/mol. The third-order valence-electron chi connectivity index (χ3n) is 4.67. The molecule has 24 heavy (non-hydrogen) atoms. The summed E-state index contributed by atoms with van der Waals surface area (Å²) in [6, 6.07) is -0.128. The Hall–Kier alpha value is -1.30. The number of nitrogens with two attached hydrogens (primary N) is 1. The summed E-state index contributed by atoms with van der Waals surface area (Å²) in [4.78, 5) is 28.5. The van der Waals surface area contributed by atoms with E-state index < -0.39 is 11.6 Å². The molecule has 1 saturated heterocycles. The summed E-state index contributed by atoms with van der Waals surface area (Å²) in [5.74, 6) is 0.477. The number of likely N-dealkylation sites (tertiary alicyclic amines) is 1. The molecule has 0 radical (unpaired) electrons. The van der Waals surface area contributed by atoms with Gasteiger partial charge in [-0.05, 0) is 51.9 Å². The maximum Gasteiger partial charge on any atom is 0.410 e. The van der Waals surface area contributed by atoms with Crippen molar-refractivity contribution in [1.29, 1.82) is 0 Å². The number of ether oxygens (including phenoxy) is 1. The van der Waals surface area contributed by atoms with Gasteiger partial charge in [-0.15, -0.1) is 0 Å². The Morgan fingerprint density at radius 3 is 2.38 bits per heavy atom. The van der Waals surface area contributed by atoms with Crippen molar-refractivity contribution in [1.82, 2.24) is 9.80 Å². The normalized spacial score (nSPS) is 22.6. The molecule has 6 heteroatoms. The van der Waals surface area contributed by atoms with Gasteiger partial charge in [0.05, 0.1) is 6.04 Å². The molecule has 2 aliphatic rings. The first-order chi connectivity index (χ1) is 11.1. The lowest BCUT2D eigenvalue weighted by molar-refractivity contribution is -0.132. The standard InChI is InChI=1S/C18H33N3O3/c1-12(2)15(19)16(22)20-9-8-13(10-20)11-21(14-6-7-14)17(23)24-18(3,4)5/h12-15H,6-11,19H2,1-5H3. The minimum Gasteiger partial charge on any atom is -0.444 e. The lowest BCUT2D eigenvalue weighted by Gasteiger charge is -2.29. The molecule has 1 heterocycles. The molecule has 2 amide bonds. The first-order valence-corrected chi connectivity index (χ1v) is 9.12. The van der Waals surface area contributed by atoms with Crippen molar-refractivity contribution in [2.45, 2.75) is 71.6 Å². The van der Waals surface area contributed by atoms with Crippen LogP contribution in [-0.4, -0.2) is 59.1 Å². The minimum atomic E-state index is -0.480. The van der Waals surface area contributed by atoms with Gasteiger partial charge in [0.15, 0.2) is 0 Å². The Morgan fingerprint density at radius 1 is 1.25 bits per heavy atom. The fraction of sp³-hybridized carbons (Fsp3) is 0.889. The van der Waals surface area contributed by atoms with Gasteiger partial charge in [-0.2, -0.15) is 0 Å². The second-order valence-corrected chi connectivity index (χ2v) is 8.57. The summed E-state index contributed by atoms with van der Waals surface area (Å²) in [5.41, 5.74) is 5.51. The average Bonchev–Trinajstić information content (AvgIpc) is 3.19. The highest BCUT2D eigenvalue weighted by molar-refractivity contribution is 5.82. The van der Waals surface area contributed by atoms with Crippen LogP contribution in [0.25, 0.3) is 0 Å². The van der Waals surface area contributed by atoms with Crippen LogP contribution in [0.3, 0.4) is 0 Å². The summed E-state index contributed by atoms with van der Waals surface area (Å²) in [6.45, 7) is 11.7. The molecule has 2 fully saturated rings. The van der Waals surface area contributed by atoms with E-state index in [2.05, 4.69) is 0 Å². The molecule has 1 aliphatic carbocycles. The number of hydrogen-bond donors (Lipinski definition) is 1. The maximum absolute atomic E-state index is 12.4. The third-order valence-corrected chi connectivity index (χ3v) is 4.67. The topological polar surface area (TPSA) is 75.9 Å². The Bertz CT molecular complexity index is 469. The van der Waals surface area contributed by atoms with Gasteiger partial charge in [0.2, 0.25) is 5.91 Å². The number of amides is 2. The molecule has 0 aromatic rings. The summed E-state index contributed by atoms with van der Waals surface area (Å²) < 4.78 is 5.54. The van der Waals surface area contributed by atoms with E-state index in [1.54, 1.807) is 0 Å². The molecule has 1 aliphatic heterocycles. The summed E-state index contributed by atoms with van der Waals surface area (Å²) in [5, 5.41) is 0. The first kappa shape index (κ1) is 19.0. The van der Waals surface area contributed by atoms with Crippen molar-refractivity contribution >= 4 is 12.0 Å². The van der Waals surface area contributed by atoms with Gasteiger partial charge in [0.25, 0.3) is 0 Å². The van der Waals surface area contributed by atoms with E-state index in [1.807, 2.05) is 44.4 Å². The van der Waals surface area contributed by atoms with Crippen LogP contribution in [0.4, 0.5) is 4.79 Å². The molecule has 2 unspecified atom stereocenters. The second-order valence-electron chi connectivity index (χ2n) is 8.57. The number of carbonyl (C=O) groups excluding carboxylic acids is 2. The lowest BCUT2D eigenvalue weighted by atomic mass is 10.0. The van der Waals surface area contributed by atoms with Crippen molar-refractivity contribution in [3.8, 4) is 0 Å². The number of nitrogens with zero attached hydrogens (tertiary/aromatic N) is 2. The zero-order chi connectivity index (χ0) is 18.1. The van der Waals surface area contributed by atoms with Gasteiger partial charge >= 0.3 is 6.09 Å². The van der Waals surface area contributed by atoms with E-state index in [4.69, 9.17) is 10.5 Å². The van der Waals surface area contributed by atoms with Crippen LogP contribution in [0, 0.1) is 11.8 Å². The minimum absolute atomic E-state index is 0.0303. The Morgan fingerprint density at radius 2 is 1.88 bits per heavy atom. The average molecular weight is 339 g/mol. The fourth-order valence-electron chi connectivity index (χ4n) is 3.04. The van der Waals surface area contributed by atoms with Crippen LogP contribution < -0.4 is 5.73 Å². The summed E-state index contributed by atoms with van der Waals surface area (Å²) in [7, 11) is 0. The van der Waals surface area contributed by atoms with Gasteiger partial charge in [0.1, 0.15) is 5.60 Å². The van der Waals surface area contributed by atoms with Crippen LogP contribution >= 0.6 is 0 Å². The van der Waals surface area contributed by atoms with E-state index in [0.29, 0.717) is 25.0 Å². The van der Waals surface area contributed by atoms with Gasteiger partial charge < -0.3 is 20.3 Å². The van der Waals surface area contributed by atoms with E-state index in [1.165, 1.54) is 0 Å². The van der Waals surface area contributed by atoms with Crippen LogP contribution in [0.1, 0.15) is 53.9 Å². The van der Waals surface area contributed by atoms with Gasteiger partial charge in [-0.3, -0.25) is 4.79 Å². The quantitative estimate of drug-likeness (QED) is 0.833. The number of rotatable bonds is 5. The summed E-state index contributed by atoms with van der Waals surface area (Å²) in [6.07, 6.45) is 2.79. The highest BCUT2D eigenvalue weighted by Gasteiger charge is 2.38. The SMILES string of the molecule is CC(C)C(N)C(=O)N1CCC(CN(C(=O)OC(C)(C)C)C2CC2)C1. The van der Waals surface area contributed by atoms with Crippen LogP contribution in [0.5, 0.6) is 0 Å². The molecule has 1 saturated carbocycles. The second kappa shape index (κ2) is 7.30. The highest BCUT2D eigenvalue weighted by Crippen LogP contribution is 2.31. The van der Waals surface area contributed by atoms with Gasteiger partial charge in [-0.25, -0.2) is 4.79 Å². The zero-order valence-corrected chi connectivity index (χ0v) is 15.7. The molecule has 0 aromatic heterocycles. The van der Waals surface area contributed by atoms with Crippen molar-refractivity contribution in [3.05, 3.63) is 0 Å². The monoisotopic (exact) mass is 339 g/mol. The van der Waals surface area contributed by atoms with Crippen molar-refractivity contribution in [2.24, 2.45) is 17.6 Å². The van der Waals surface area contributed by atoms with Gasteiger partial charge in [-0.1, -0.05) is 13.8 Å². The van der Waals surface area contributed by atoms with E-state index in [0.717, 1.165) is 25.8 Å². The summed E-state index contributed by atoms with van der Waals surface area (Å²) >= 11 is 0. The molecular formula is C18H33N3O3. The van der Waals surface area contributed by atoms with Crippen molar-refractivity contribution < 1.29 is 14.3 Å². The van der Waals surface area contributed by atoms with E-state index in [-0.39, 0.29) is 17.9 Å². The molecule has 6 nitrogen and oxygen atoms in total. The van der Waals surface area contributed by atoms with Crippen LogP contribution in [0.2, 0.25) is 0 Å². The lowest BCUT2D eigenvalue weighted by Crippen LogP contribution is -2.46. The molecule has 0 bridgehead atoms. The zero-order valence-electron chi connectivity index (χ0n) is 15.7. The smallest absolute Gasteiger partial charge is 0.410 e. The molecule has 2 N–H and O–H groups in total. The van der Waals surface area contributed by atoms with E-state index >= 15 is 0 Å². The molecular weight excluding hydrogens is 306 g/mol. The van der Waals surface area contributed by atoms with E-state index in [9.17, 15) is 9.59 Å². The van der Waals surface area contributed by atoms with Crippen molar-refractivity contribution in [2.75, 3.05) is 19.6 Å². The highest BCUT2D eigenvalue weighted by atomic mass is 16.6. The largest absolute Gasteiger partial charge is 0.444 e. The Kier molecular flexibility index (Phi) is 5.78. The van der Waals surface area contributed by atoms with Crippen LogP contribution in [-0.2, 0) is 9.53 Å². The molecule has 2 atom stereocenters. The first-order valence-electron chi connectivity index (χ1n) is 9.12.